The Labute approximate surface area is 232 Å². The minimum absolute atomic E-state index is 0.0797. The van der Waals surface area contributed by atoms with E-state index in [1.807, 2.05) is 33.8 Å². The number of fused-ring (bicyclic) bond motifs is 1. The van der Waals surface area contributed by atoms with Gasteiger partial charge in [0, 0.05) is 18.0 Å². The van der Waals surface area contributed by atoms with Gasteiger partial charge in [0.2, 0.25) is 17.7 Å². The van der Waals surface area contributed by atoms with E-state index in [9.17, 15) is 37.6 Å². The topological polar surface area (TPSA) is 141 Å². The predicted molar refractivity (Wildman–Crippen MR) is 137 cm³/mol. The number of halogens is 3. The number of amides is 4. The smallest absolute Gasteiger partial charge is 0.370 e. The number of nitrogens with zero attached hydrogens (tertiary/aromatic N) is 2. The number of nitrogens with one attached hydrogen (secondary N) is 3. The molecule has 0 aromatic carbocycles. The Balaban J connectivity index is 1.83. The number of rotatable bonds is 8. The van der Waals surface area contributed by atoms with Crippen molar-refractivity contribution < 1.29 is 37.1 Å². The number of ether oxygens (including phenoxy) is 1. The molecule has 0 spiro atoms. The second kappa shape index (κ2) is 10.5. The van der Waals surface area contributed by atoms with Gasteiger partial charge in [-0.1, -0.05) is 13.8 Å². The SMILES string of the molecule is C[C@@H](OC(C)(C)C)[C@H](NC(=O)C(F)(F)F)C(=O)N1C[C@H]2[C@@H]([C@H]1C(=O)N[C@H](C#N)C[C@@H]1CC(C)(C)NC1=O)C2(C)C. The van der Waals surface area contributed by atoms with E-state index in [0.717, 1.165) is 0 Å². The average molecular weight is 572 g/mol. The molecule has 0 aromatic rings. The zero-order chi connectivity index (χ0) is 30.6. The van der Waals surface area contributed by atoms with Gasteiger partial charge in [-0.2, -0.15) is 18.4 Å². The van der Waals surface area contributed by atoms with E-state index in [0.29, 0.717) is 6.42 Å². The van der Waals surface area contributed by atoms with Crippen LogP contribution in [-0.2, 0) is 23.9 Å². The fourth-order valence-corrected chi connectivity index (χ4v) is 6.29. The van der Waals surface area contributed by atoms with Crippen molar-refractivity contribution in [3.8, 4) is 6.07 Å². The molecule has 2 heterocycles. The molecule has 2 aliphatic heterocycles. The third kappa shape index (κ3) is 6.70. The van der Waals surface area contributed by atoms with Crippen LogP contribution < -0.4 is 16.0 Å². The lowest BCUT2D eigenvalue weighted by Crippen LogP contribution is -2.61. The molecular formula is C27H40F3N5O5. The molecule has 7 atom stereocenters. The summed E-state index contributed by atoms with van der Waals surface area (Å²) in [7, 11) is 0. The van der Waals surface area contributed by atoms with Gasteiger partial charge in [0.15, 0.2) is 0 Å². The first kappa shape index (κ1) is 31.6. The number of hydrogen-bond donors (Lipinski definition) is 3. The molecule has 2 saturated heterocycles. The molecule has 1 saturated carbocycles. The Morgan fingerprint density at radius 3 is 2.25 bits per heavy atom. The standard InChI is InChI=1S/C27H40F3N5O5/c1-13(40-24(2,3)4)18(33-23(39)27(28,29)30)22(38)35-12-16-17(26(16,7)8)19(35)21(37)32-15(11-31)9-14-10-25(5,6)34-20(14)36/h13-19H,9-10,12H2,1-8H3,(H,32,37)(H,33,39)(H,34,36)/t13-,14-,15+,16+,17+,18+,19+/m1/s1. The molecule has 3 rings (SSSR count). The van der Waals surface area contributed by atoms with Crippen LogP contribution >= 0.6 is 0 Å². The van der Waals surface area contributed by atoms with Crippen molar-refractivity contribution in [3.05, 3.63) is 0 Å². The van der Waals surface area contributed by atoms with Gasteiger partial charge in [0.1, 0.15) is 18.1 Å². The van der Waals surface area contributed by atoms with Gasteiger partial charge in [-0.15, -0.1) is 0 Å². The second-order valence-electron chi connectivity index (χ2n) is 13.5. The maximum absolute atomic E-state index is 13.7. The van der Waals surface area contributed by atoms with Crippen molar-refractivity contribution in [2.75, 3.05) is 6.54 Å². The largest absolute Gasteiger partial charge is 0.471 e. The number of alkyl halides is 3. The van der Waals surface area contributed by atoms with E-state index >= 15 is 0 Å². The van der Waals surface area contributed by atoms with Gasteiger partial charge in [-0.3, -0.25) is 19.2 Å². The highest BCUT2D eigenvalue weighted by Crippen LogP contribution is 2.65. The fraction of sp³-hybridized carbons (Fsp3) is 0.815. The van der Waals surface area contributed by atoms with E-state index < -0.39 is 65.2 Å². The summed E-state index contributed by atoms with van der Waals surface area (Å²) in [5.74, 6) is -4.86. The summed E-state index contributed by atoms with van der Waals surface area (Å²) in [6.07, 6.45) is -5.81. The van der Waals surface area contributed by atoms with Crippen molar-refractivity contribution in [1.29, 1.82) is 5.26 Å². The summed E-state index contributed by atoms with van der Waals surface area (Å²) in [6, 6.07) is -1.77. The summed E-state index contributed by atoms with van der Waals surface area (Å²) in [6.45, 7) is 14.1. The van der Waals surface area contributed by atoms with Crippen LogP contribution in [0.1, 0.15) is 68.2 Å². The lowest BCUT2D eigenvalue weighted by atomic mass is 9.91. The molecule has 13 heteroatoms. The average Bonchev–Trinajstić information content (AvgIpc) is 3.08. The maximum Gasteiger partial charge on any atom is 0.471 e. The third-order valence-corrected chi connectivity index (χ3v) is 8.16. The number of nitriles is 1. The lowest BCUT2D eigenvalue weighted by Gasteiger charge is -2.36. The molecule has 40 heavy (non-hydrogen) atoms. The Morgan fingerprint density at radius 1 is 1.18 bits per heavy atom. The number of likely N-dealkylation sites (tertiary alicyclic amines) is 1. The van der Waals surface area contributed by atoms with Crippen LogP contribution in [0.5, 0.6) is 0 Å². The first-order chi connectivity index (χ1) is 18.1. The van der Waals surface area contributed by atoms with Gasteiger partial charge >= 0.3 is 12.1 Å². The highest BCUT2D eigenvalue weighted by Gasteiger charge is 2.70. The Morgan fingerprint density at radius 2 is 1.77 bits per heavy atom. The Kier molecular flexibility index (Phi) is 8.31. The predicted octanol–water partition coefficient (Wildman–Crippen LogP) is 2.03. The van der Waals surface area contributed by atoms with Crippen LogP contribution in [0.3, 0.4) is 0 Å². The van der Waals surface area contributed by atoms with Gasteiger partial charge < -0.3 is 25.6 Å². The van der Waals surface area contributed by atoms with Crippen molar-refractivity contribution in [2.24, 2.45) is 23.2 Å². The molecule has 0 unspecified atom stereocenters. The number of hydrogen-bond acceptors (Lipinski definition) is 6. The van der Waals surface area contributed by atoms with E-state index in [2.05, 4.69) is 10.6 Å². The summed E-state index contributed by atoms with van der Waals surface area (Å²) in [5, 5.41) is 17.0. The van der Waals surface area contributed by atoms with Crippen LogP contribution in [-0.4, -0.2) is 76.6 Å². The number of carbonyl (C=O) groups excluding carboxylic acids is 4. The monoisotopic (exact) mass is 571 g/mol. The van der Waals surface area contributed by atoms with Gasteiger partial charge in [-0.25, -0.2) is 0 Å². The summed E-state index contributed by atoms with van der Waals surface area (Å²) < 4.78 is 45.2. The number of carbonyl (C=O) groups is 4. The number of piperidine rings is 1. The summed E-state index contributed by atoms with van der Waals surface area (Å²) in [5.41, 5.74) is -1.59. The van der Waals surface area contributed by atoms with Crippen LogP contribution in [0, 0.1) is 34.5 Å². The molecule has 10 nitrogen and oxygen atoms in total. The molecule has 1 aliphatic carbocycles. The normalized spacial score (nSPS) is 28.9. The highest BCUT2D eigenvalue weighted by atomic mass is 19.4. The molecule has 0 bridgehead atoms. The molecule has 3 fully saturated rings. The fourth-order valence-electron chi connectivity index (χ4n) is 6.29. The Hall–Kier alpha value is -2.88. The molecule has 224 valence electrons. The van der Waals surface area contributed by atoms with Crippen LogP contribution in [0.4, 0.5) is 13.2 Å². The van der Waals surface area contributed by atoms with E-state index in [4.69, 9.17) is 4.74 Å². The van der Waals surface area contributed by atoms with E-state index in [1.165, 1.54) is 11.8 Å². The highest BCUT2D eigenvalue weighted by molar-refractivity contribution is 5.95. The molecule has 0 aromatic heterocycles. The van der Waals surface area contributed by atoms with E-state index in [-0.39, 0.29) is 36.1 Å². The molecule has 3 N–H and O–H groups in total. The Bertz CT molecular complexity index is 1090. The maximum atomic E-state index is 13.7. The quantitative estimate of drug-likeness (QED) is 0.407. The zero-order valence-corrected chi connectivity index (χ0v) is 24.2. The molecular weight excluding hydrogens is 531 g/mol. The third-order valence-electron chi connectivity index (χ3n) is 8.16. The van der Waals surface area contributed by atoms with Crippen molar-refractivity contribution >= 4 is 23.6 Å². The first-order valence-corrected chi connectivity index (χ1v) is 13.5. The van der Waals surface area contributed by atoms with Crippen molar-refractivity contribution in [3.63, 3.8) is 0 Å². The zero-order valence-electron chi connectivity index (χ0n) is 24.2. The van der Waals surface area contributed by atoms with Crippen molar-refractivity contribution in [1.82, 2.24) is 20.9 Å². The van der Waals surface area contributed by atoms with Crippen LogP contribution in [0.25, 0.3) is 0 Å². The summed E-state index contributed by atoms with van der Waals surface area (Å²) >= 11 is 0. The molecule has 4 amide bonds. The van der Waals surface area contributed by atoms with Gasteiger partial charge in [0.05, 0.1) is 17.8 Å². The molecule has 0 radical (unpaired) electrons. The minimum atomic E-state index is -5.23. The lowest BCUT2D eigenvalue weighted by molar-refractivity contribution is -0.177. The minimum Gasteiger partial charge on any atom is -0.370 e. The summed E-state index contributed by atoms with van der Waals surface area (Å²) in [4.78, 5) is 52.7. The second-order valence-corrected chi connectivity index (χ2v) is 13.5. The first-order valence-electron chi connectivity index (χ1n) is 13.5. The van der Waals surface area contributed by atoms with Crippen LogP contribution in [0.2, 0.25) is 0 Å². The van der Waals surface area contributed by atoms with Crippen LogP contribution in [0.15, 0.2) is 0 Å². The van der Waals surface area contributed by atoms with Crippen molar-refractivity contribution in [2.45, 2.75) is 110 Å². The van der Waals surface area contributed by atoms with Gasteiger partial charge in [-0.05, 0) is 71.6 Å². The van der Waals surface area contributed by atoms with Gasteiger partial charge in [0.25, 0.3) is 0 Å². The van der Waals surface area contributed by atoms with E-state index in [1.54, 1.807) is 26.1 Å². The molecule has 3 aliphatic rings.